The zero-order valence-electron chi connectivity index (χ0n) is 14.2. The van der Waals surface area contributed by atoms with Crippen LogP contribution in [-0.2, 0) is 6.42 Å². The van der Waals surface area contributed by atoms with Crippen molar-refractivity contribution in [3.05, 3.63) is 39.7 Å². The molecule has 2 aromatic rings. The van der Waals surface area contributed by atoms with Crippen molar-refractivity contribution >= 4 is 34.4 Å². The van der Waals surface area contributed by atoms with Crippen LogP contribution in [0.3, 0.4) is 0 Å². The summed E-state index contributed by atoms with van der Waals surface area (Å²) in [5, 5.41) is 0.827. The molecule has 0 amide bonds. The average molecular weight is 348 g/mol. The van der Waals surface area contributed by atoms with Crippen molar-refractivity contribution in [3.8, 4) is 10.4 Å². The van der Waals surface area contributed by atoms with E-state index in [1.54, 1.807) is 6.92 Å². The number of benzene rings is 1. The largest absolute Gasteiger partial charge is 0.369 e. The highest BCUT2D eigenvalue weighted by Gasteiger charge is 2.37. The molecule has 2 nitrogen and oxygen atoms in total. The summed E-state index contributed by atoms with van der Waals surface area (Å²) in [5.41, 5.74) is 3.58. The molecule has 2 heterocycles. The summed E-state index contributed by atoms with van der Waals surface area (Å²) in [7, 11) is 2.14. The van der Waals surface area contributed by atoms with Gasteiger partial charge in [0, 0.05) is 28.7 Å². The van der Waals surface area contributed by atoms with Gasteiger partial charge in [0.15, 0.2) is 5.78 Å². The molecule has 1 unspecified atom stereocenters. The van der Waals surface area contributed by atoms with Crippen molar-refractivity contribution in [2.75, 3.05) is 11.9 Å². The smallest absolute Gasteiger partial charge is 0.169 e. The van der Waals surface area contributed by atoms with Gasteiger partial charge in [-0.2, -0.15) is 0 Å². The summed E-state index contributed by atoms with van der Waals surface area (Å²) in [5.74, 6) is 0.620. The van der Waals surface area contributed by atoms with Crippen LogP contribution >= 0.6 is 22.9 Å². The molecular formula is C19H22ClNOS. The number of fused-ring (bicyclic) bond motifs is 1. The second-order valence-corrected chi connectivity index (χ2v) is 8.42. The highest BCUT2D eigenvalue weighted by Crippen LogP contribution is 2.46. The first kappa shape index (κ1) is 16.5. The van der Waals surface area contributed by atoms with Gasteiger partial charge in [0.2, 0.25) is 0 Å². The number of hydrogen-bond acceptors (Lipinski definition) is 3. The Labute approximate surface area is 147 Å². The number of anilines is 1. The molecule has 0 N–H and O–H groups in total. The summed E-state index contributed by atoms with van der Waals surface area (Å²) in [6.45, 7) is 8.44. The summed E-state index contributed by atoms with van der Waals surface area (Å²) >= 11 is 8.28. The van der Waals surface area contributed by atoms with E-state index in [0.717, 1.165) is 26.8 Å². The van der Waals surface area contributed by atoms with E-state index >= 15 is 0 Å². The van der Waals surface area contributed by atoms with Gasteiger partial charge < -0.3 is 4.90 Å². The van der Waals surface area contributed by atoms with Crippen molar-refractivity contribution in [2.45, 2.75) is 39.7 Å². The van der Waals surface area contributed by atoms with Crippen LogP contribution < -0.4 is 4.90 Å². The maximum atomic E-state index is 11.5. The number of carbonyl (C=O) groups is 1. The standard InChI is InChI=1S/C19H22ClNOS/c1-11-10-14-15(21(5)19(11,3)4)7-6-13(18(14)20)17-9-8-16(23-17)12(2)22/h6-9,11H,10H2,1-5H3. The lowest BCUT2D eigenvalue weighted by molar-refractivity contribution is 0.102. The third-order valence-corrected chi connectivity index (χ3v) is 7.03. The van der Waals surface area contributed by atoms with E-state index in [1.165, 1.54) is 22.6 Å². The molecule has 0 bridgehead atoms. The predicted molar refractivity (Wildman–Crippen MR) is 100 cm³/mol. The van der Waals surface area contributed by atoms with Crippen LogP contribution in [0, 0.1) is 5.92 Å². The van der Waals surface area contributed by atoms with Crippen molar-refractivity contribution in [2.24, 2.45) is 5.92 Å². The molecule has 4 heteroatoms. The first-order chi connectivity index (χ1) is 10.7. The lowest BCUT2D eigenvalue weighted by Crippen LogP contribution is -2.50. The van der Waals surface area contributed by atoms with E-state index in [9.17, 15) is 4.79 Å². The molecule has 1 aliphatic rings. The van der Waals surface area contributed by atoms with Crippen molar-refractivity contribution in [1.82, 2.24) is 0 Å². The fourth-order valence-corrected chi connectivity index (χ4v) is 4.51. The number of rotatable bonds is 2. The molecule has 0 saturated heterocycles. The van der Waals surface area contributed by atoms with Gasteiger partial charge in [-0.25, -0.2) is 0 Å². The third kappa shape index (κ3) is 2.60. The Hall–Kier alpha value is -1.32. The van der Waals surface area contributed by atoms with Crippen molar-refractivity contribution in [1.29, 1.82) is 0 Å². The summed E-state index contributed by atoms with van der Waals surface area (Å²) in [6, 6.07) is 8.13. The quantitative estimate of drug-likeness (QED) is 0.651. The number of Topliss-reactive ketones (excluding diaryl/α,β-unsaturated/α-hetero) is 1. The Balaban J connectivity index is 2.10. The fourth-order valence-electron chi connectivity index (χ4n) is 3.18. The molecule has 1 aromatic heterocycles. The van der Waals surface area contributed by atoms with Gasteiger partial charge in [-0.1, -0.05) is 18.5 Å². The summed E-state index contributed by atoms with van der Waals surface area (Å²) in [6.07, 6.45) is 0.976. The Bertz CT molecular complexity index is 778. The molecule has 0 aliphatic carbocycles. The number of nitrogens with zero attached hydrogens (tertiary/aromatic N) is 1. The number of carbonyl (C=O) groups excluding carboxylic acids is 1. The highest BCUT2D eigenvalue weighted by molar-refractivity contribution is 7.17. The number of thiophene rings is 1. The first-order valence-electron chi connectivity index (χ1n) is 7.89. The van der Waals surface area contributed by atoms with Crippen LogP contribution in [0.1, 0.15) is 42.9 Å². The Kier molecular flexibility index (Phi) is 4.06. The van der Waals surface area contributed by atoms with Gasteiger partial charge in [0.1, 0.15) is 0 Å². The lowest BCUT2D eigenvalue weighted by Gasteiger charge is -2.47. The molecule has 1 aliphatic heterocycles. The number of hydrogen-bond donors (Lipinski definition) is 0. The molecule has 1 aromatic carbocycles. The normalized spacial score (nSPS) is 19.6. The van der Waals surface area contributed by atoms with Crippen molar-refractivity contribution in [3.63, 3.8) is 0 Å². The summed E-state index contributed by atoms with van der Waals surface area (Å²) in [4.78, 5) is 15.7. The average Bonchev–Trinajstić information content (AvgIpc) is 2.96. The topological polar surface area (TPSA) is 20.3 Å². The Morgan fingerprint density at radius 3 is 2.61 bits per heavy atom. The Morgan fingerprint density at radius 2 is 2.00 bits per heavy atom. The Morgan fingerprint density at radius 1 is 1.30 bits per heavy atom. The SMILES string of the molecule is CC(=O)c1ccc(-c2ccc3c(c2Cl)CC(C)C(C)(C)N3C)s1. The van der Waals surface area contributed by atoms with Gasteiger partial charge in [0.25, 0.3) is 0 Å². The van der Waals surface area contributed by atoms with E-state index in [0.29, 0.717) is 5.92 Å². The molecule has 3 rings (SSSR count). The van der Waals surface area contributed by atoms with Gasteiger partial charge in [-0.05, 0) is 62.9 Å². The molecule has 0 fully saturated rings. The number of ketones is 1. The van der Waals surface area contributed by atoms with Crippen LogP contribution in [-0.4, -0.2) is 18.4 Å². The zero-order valence-corrected chi connectivity index (χ0v) is 15.8. The fraction of sp³-hybridized carbons (Fsp3) is 0.421. The van der Waals surface area contributed by atoms with E-state index in [2.05, 4.69) is 44.9 Å². The van der Waals surface area contributed by atoms with E-state index in [1.807, 2.05) is 12.1 Å². The van der Waals surface area contributed by atoms with Gasteiger partial charge >= 0.3 is 0 Å². The maximum absolute atomic E-state index is 11.5. The first-order valence-corrected chi connectivity index (χ1v) is 9.09. The van der Waals surface area contributed by atoms with Gasteiger partial charge in [0.05, 0.1) is 9.90 Å². The van der Waals surface area contributed by atoms with E-state index in [4.69, 9.17) is 11.6 Å². The monoisotopic (exact) mass is 347 g/mol. The molecular weight excluding hydrogens is 326 g/mol. The summed E-state index contributed by atoms with van der Waals surface area (Å²) < 4.78 is 0. The maximum Gasteiger partial charge on any atom is 0.169 e. The highest BCUT2D eigenvalue weighted by atomic mass is 35.5. The molecule has 23 heavy (non-hydrogen) atoms. The zero-order chi connectivity index (χ0) is 16.9. The minimum atomic E-state index is 0.102. The van der Waals surface area contributed by atoms with Crippen LogP contribution in [0.15, 0.2) is 24.3 Å². The number of halogens is 1. The predicted octanol–water partition coefficient (Wildman–Crippen LogP) is 5.68. The van der Waals surface area contributed by atoms with Gasteiger partial charge in [-0.3, -0.25) is 4.79 Å². The molecule has 122 valence electrons. The van der Waals surface area contributed by atoms with Crippen LogP contribution in [0.4, 0.5) is 5.69 Å². The molecule has 1 atom stereocenters. The van der Waals surface area contributed by atoms with Crippen LogP contribution in [0.2, 0.25) is 5.02 Å². The van der Waals surface area contributed by atoms with E-state index in [-0.39, 0.29) is 11.3 Å². The minimum absolute atomic E-state index is 0.102. The van der Waals surface area contributed by atoms with Crippen molar-refractivity contribution < 1.29 is 4.79 Å². The van der Waals surface area contributed by atoms with Crippen LogP contribution in [0.25, 0.3) is 10.4 Å². The van der Waals surface area contributed by atoms with E-state index < -0.39 is 0 Å². The lowest BCUT2D eigenvalue weighted by atomic mass is 9.78. The van der Waals surface area contributed by atoms with Crippen LogP contribution in [0.5, 0.6) is 0 Å². The molecule has 0 radical (unpaired) electrons. The second kappa shape index (κ2) is 5.64. The third-order valence-electron chi connectivity index (χ3n) is 5.38. The minimum Gasteiger partial charge on any atom is -0.369 e. The second-order valence-electron chi connectivity index (χ2n) is 6.96. The molecule has 0 saturated carbocycles. The van der Waals surface area contributed by atoms with Gasteiger partial charge in [-0.15, -0.1) is 11.3 Å². The molecule has 0 spiro atoms.